The van der Waals surface area contributed by atoms with Crippen LogP contribution in [0.1, 0.15) is 50.7 Å². The van der Waals surface area contributed by atoms with Crippen LogP contribution in [-0.2, 0) is 15.4 Å². The molecular formula is C11H19N3O3S. The van der Waals surface area contributed by atoms with Gasteiger partial charge in [0.1, 0.15) is 0 Å². The molecular weight excluding hydrogens is 254 g/mol. The van der Waals surface area contributed by atoms with Gasteiger partial charge in [-0.15, -0.1) is 0 Å². The highest BCUT2D eigenvalue weighted by molar-refractivity contribution is 7.91. The molecule has 0 bridgehead atoms. The summed E-state index contributed by atoms with van der Waals surface area (Å²) in [7, 11) is -2.93. The van der Waals surface area contributed by atoms with Crippen LogP contribution in [0.4, 0.5) is 0 Å². The third-order valence-corrected chi connectivity index (χ3v) is 5.49. The minimum Gasteiger partial charge on any atom is -0.337 e. The van der Waals surface area contributed by atoms with E-state index < -0.39 is 15.4 Å². The zero-order chi connectivity index (χ0) is 13.4. The number of rotatable bonds is 4. The molecule has 102 valence electrons. The second-order valence-electron chi connectivity index (χ2n) is 4.92. The van der Waals surface area contributed by atoms with Crippen molar-refractivity contribution >= 4 is 9.84 Å². The van der Waals surface area contributed by atoms with Crippen molar-refractivity contribution in [2.45, 2.75) is 44.6 Å². The summed E-state index contributed by atoms with van der Waals surface area (Å²) in [5, 5.41) is 3.90. The first-order chi connectivity index (χ1) is 8.40. The molecule has 1 aliphatic heterocycles. The van der Waals surface area contributed by atoms with Crippen molar-refractivity contribution in [3.8, 4) is 0 Å². The van der Waals surface area contributed by atoms with Gasteiger partial charge in [-0.25, -0.2) is 8.42 Å². The first kappa shape index (κ1) is 13.5. The molecule has 1 unspecified atom stereocenters. The van der Waals surface area contributed by atoms with Crippen LogP contribution in [0.2, 0.25) is 0 Å². The highest BCUT2D eigenvalue weighted by atomic mass is 32.2. The molecule has 1 aromatic rings. The average Bonchev–Trinajstić information content (AvgIpc) is 2.94. The smallest absolute Gasteiger partial charge is 0.246 e. The van der Waals surface area contributed by atoms with Gasteiger partial charge >= 0.3 is 0 Å². The molecule has 1 saturated heterocycles. The summed E-state index contributed by atoms with van der Waals surface area (Å²) in [5.41, 5.74) is 5.56. The third kappa shape index (κ3) is 2.42. The number of nitrogens with zero attached hydrogens (tertiary/aromatic N) is 2. The van der Waals surface area contributed by atoms with Gasteiger partial charge in [-0.1, -0.05) is 19.0 Å². The molecule has 2 rings (SSSR count). The predicted molar refractivity (Wildman–Crippen MR) is 66.8 cm³/mol. The second kappa shape index (κ2) is 4.62. The molecule has 1 aliphatic rings. The van der Waals surface area contributed by atoms with E-state index in [9.17, 15) is 8.42 Å². The summed E-state index contributed by atoms with van der Waals surface area (Å²) in [6.45, 7) is 3.93. The number of aromatic nitrogens is 2. The minimum absolute atomic E-state index is 0.113. The standard InChI is InChI=1S/C11H19N3O3S/c1-3-11(12,4-2)10-13-9(14-17-10)8-5-6-18(15,16)7-8/h8H,3-7,12H2,1-2H3. The highest BCUT2D eigenvalue weighted by Gasteiger charge is 2.35. The fourth-order valence-electron chi connectivity index (χ4n) is 2.15. The van der Waals surface area contributed by atoms with E-state index in [4.69, 9.17) is 10.3 Å². The van der Waals surface area contributed by atoms with Crippen LogP contribution >= 0.6 is 0 Å². The van der Waals surface area contributed by atoms with E-state index in [0.29, 0.717) is 31.0 Å². The van der Waals surface area contributed by atoms with Gasteiger partial charge in [0.15, 0.2) is 15.7 Å². The molecule has 0 amide bonds. The maximum Gasteiger partial charge on any atom is 0.246 e. The quantitative estimate of drug-likeness (QED) is 0.876. The van der Waals surface area contributed by atoms with Crippen molar-refractivity contribution < 1.29 is 12.9 Å². The van der Waals surface area contributed by atoms with E-state index in [-0.39, 0.29) is 17.4 Å². The lowest BCUT2D eigenvalue weighted by Gasteiger charge is -2.20. The van der Waals surface area contributed by atoms with Gasteiger partial charge in [-0.05, 0) is 19.3 Å². The van der Waals surface area contributed by atoms with Gasteiger partial charge in [-0.3, -0.25) is 0 Å². The van der Waals surface area contributed by atoms with Crippen molar-refractivity contribution in [3.05, 3.63) is 11.7 Å². The molecule has 7 heteroatoms. The Bertz CT molecular complexity index is 519. The van der Waals surface area contributed by atoms with Gasteiger partial charge in [-0.2, -0.15) is 4.98 Å². The van der Waals surface area contributed by atoms with Crippen LogP contribution < -0.4 is 5.73 Å². The summed E-state index contributed by atoms with van der Waals surface area (Å²) in [4.78, 5) is 4.30. The molecule has 1 fully saturated rings. The minimum atomic E-state index is -2.93. The monoisotopic (exact) mass is 273 g/mol. The zero-order valence-electron chi connectivity index (χ0n) is 10.7. The van der Waals surface area contributed by atoms with Gasteiger partial charge in [0.2, 0.25) is 5.89 Å². The van der Waals surface area contributed by atoms with Gasteiger partial charge in [0.05, 0.1) is 17.0 Å². The topological polar surface area (TPSA) is 99.1 Å². The molecule has 2 heterocycles. The average molecular weight is 273 g/mol. The van der Waals surface area contributed by atoms with E-state index in [2.05, 4.69) is 10.1 Å². The molecule has 0 radical (unpaired) electrons. The highest BCUT2D eigenvalue weighted by Crippen LogP contribution is 2.30. The first-order valence-corrected chi connectivity index (χ1v) is 8.05. The van der Waals surface area contributed by atoms with E-state index in [1.54, 1.807) is 0 Å². The molecule has 6 nitrogen and oxygen atoms in total. The largest absolute Gasteiger partial charge is 0.337 e. The van der Waals surface area contributed by atoms with Crippen LogP contribution in [-0.4, -0.2) is 30.1 Å². The van der Waals surface area contributed by atoms with Crippen molar-refractivity contribution in [3.63, 3.8) is 0 Å². The third-order valence-electron chi connectivity index (χ3n) is 3.73. The van der Waals surface area contributed by atoms with E-state index in [1.165, 1.54) is 0 Å². The molecule has 0 aliphatic carbocycles. The predicted octanol–water partition coefficient (Wildman–Crippen LogP) is 0.946. The zero-order valence-corrected chi connectivity index (χ0v) is 11.5. The fourth-order valence-corrected chi connectivity index (χ4v) is 3.89. The Labute approximate surface area is 107 Å². The Balaban J connectivity index is 2.21. The summed E-state index contributed by atoms with van der Waals surface area (Å²) in [6.07, 6.45) is 1.97. The van der Waals surface area contributed by atoms with E-state index >= 15 is 0 Å². The van der Waals surface area contributed by atoms with Crippen LogP contribution in [0.25, 0.3) is 0 Å². The normalized spacial score (nSPS) is 23.4. The van der Waals surface area contributed by atoms with Crippen LogP contribution in [0.5, 0.6) is 0 Å². The van der Waals surface area contributed by atoms with Gasteiger partial charge in [0.25, 0.3) is 0 Å². The van der Waals surface area contributed by atoms with Crippen molar-refractivity contribution in [1.82, 2.24) is 10.1 Å². The van der Waals surface area contributed by atoms with Gasteiger partial charge in [0, 0.05) is 5.92 Å². The lowest BCUT2D eigenvalue weighted by Crippen LogP contribution is -2.35. The SMILES string of the molecule is CCC(N)(CC)c1nc(C2CCS(=O)(=O)C2)no1. The number of nitrogens with two attached hydrogens (primary N) is 1. The lowest BCUT2D eigenvalue weighted by atomic mass is 9.94. The molecule has 0 aromatic carbocycles. The maximum atomic E-state index is 11.4. The number of sulfone groups is 1. The molecule has 0 spiro atoms. The van der Waals surface area contributed by atoms with Crippen LogP contribution in [0.15, 0.2) is 4.52 Å². The Kier molecular flexibility index (Phi) is 3.46. The van der Waals surface area contributed by atoms with Crippen LogP contribution in [0, 0.1) is 0 Å². The van der Waals surface area contributed by atoms with Gasteiger partial charge < -0.3 is 10.3 Å². The van der Waals surface area contributed by atoms with E-state index in [0.717, 1.165) is 0 Å². The Morgan fingerprint density at radius 1 is 1.44 bits per heavy atom. The molecule has 2 N–H and O–H groups in total. The Hall–Kier alpha value is -0.950. The number of hydrogen-bond donors (Lipinski definition) is 1. The summed E-state index contributed by atoms with van der Waals surface area (Å²) >= 11 is 0. The van der Waals surface area contributed by atoms with Crippen molar-refractivity contribution in [2.24, 2.45) is 5.73 Å². The summed E-state index contributed by atoms with van der Waals surface area (Å²) in [5.74, 6) is 1.05. The first-order valence-electron chi connectivity index (χ1n) is 6.23. The lowest BCUT2D eigenvalue weighted by molar-refractivity contribution is 0.266. The molecule has 1 aromatic heterocycles. The summed E-state index contributed by atoms with van der Waals surface area (Å²) < 4.78 is 28.1. The second-order valence-corrected chi connectivity index (χ2v) is 7.15. The molecule has 0 saturated carbocycles. The Morgan fingerprint density at radius 3 is 2.61 bits per heavy atom. The van der Waals surface area contributed by atoms with Crippen molar-refractivity contribution in [2.75, 3.05) is 11.5 Å². The molecule has 1 atom stereocenters. The Morgan fingerprint density at radius 2 is 2.11 bits per heavy atom. The summed E-state index contributed by atoms with van der Waals surface area (Å²) in [6, 6.07) is 0. The molecule has 18 heavy (non-hydrogen) atoms. The maximum absolute atomic E-state index is 11.4. The number of hydrogen-bond acceptors (Lipinski definition) is 6. The van der Waals surface area contributed by atoms with E-state index in [1.807, 2.05) is 13.8 Å². The van der Waals surface area contributed by atoms with Crippen LogP contribution in [0.3, 0.4) is 0 Å². The fraction of sp³-hybridized carbons (Fsp3) is 0.818. The van der Waals surface area contributed by atoms with Crippen molar-refractivity contribution in [1.29, 1.82) is 0 Å².